The van der Waals surface area contributed by atoms with Crippen LogP contribution in [-0.4, -0.2) is 44.1 Å². The number of hydrogen-bond donors (Lipinski definition) is 1. The zero-order chi connectivity index (χ0) is 18.4. The van der Waals surface area contributed by atoms with Crippen molar-refractivity contribution in [3.05, 3.63) is 36.5 Å². The van der Waals surface area contributed by atoms with Gasteiger partial charge in [-0.15, -0.1) is 0 Å². The molecule has 0 aromatic rings. The summed E-state index contributed by atoms with van der Waals surface area (Å²) in [5, 5.41) is 10.7. The molecule has 3 heterocycles. The fourth-order valence-electron chi connectivity index (χ4n) is 3.59. The van der Waals surface area contributed by atoms with E-state index in [9.17, 15) is 5.11 Å². The van der Waals surface area contributed by atoms with Crippen molar-refractivity contribution in [3.63, 3.8) is 0 Å². The number of ether oxygens (including phenoxy) is 2. The van der Waals surface area contributed by atoms with Gasteiger partial charge in [0.2, 0.25) is 0 Å². The normalized spacial score (nSPS) is 41.2. The van der Waals surface area contributed by atoms with Crippen LogP contribution in [-0.2, 0) is 13.9 Å². The molecule has 5 heteroatoms. The molecule has 4 nitrogen and oxygen atoms in total. The number of hydrogen-bond acceptors (Lipinski definition) is 4. The Hall–Kier alpha value is -0.723. The Labute approximate surface area is 152 Å². The molecule has 0 unspecified atom stereocenters. The predicted octanol–water partition coefficient (Wildman–Crippen LogP) is 3.80. The van der Waals surface area contributed by atoms with Crippen molar-refractivity contribution in [3.8, 4) is 0 Å². The van der Waals surface area contributed by atoms with Crippen LogP contribution in [0.3, 0.4) is 0 Å². The van der Waals surface area contributed by atoms with Crippen LogP contribution in [0, 0.1) is 11.8 Å². The van der Waals surface area contributed by atoms with Crippen molar-refractivity contribution in [2.45, 2.75) is 76.5 Å². The zero-order valence-corrected chi connectivity index (χ0v) is 17.2. The van der Waals surface area contributed by atoms with Crippen molar-refractivity contribution in [1.29, 1.82) is 0 Å². The Morgan fingerprint density at radius 1 is 0.960 bits per heavy atom. The third-order valence-corrected chi connectivity index (χ3v) is 10.7. The zero-order valence-electron chi connectivity index (χ0n) is 16.2. The third-order valence-electron chi connectivity index (χ3n) is 6.22. The Bertz CT molecular complexity index is 575. The second kappa shape index (κ2) is 6.78. The molecule has 3 aliphatic heterocycles. The van der Waals surface area contributed by atoms with E-state index in [0.29, 0.717) is 0 Å². The van der Waals surface area contributed by atoms with Gasteiger partial charge in [0.05, 0.1) is 24.4 Å². The average molecular weight is 365 g/mol. The van der Waals surface area contributed by atoms with E-state index in [2.05, 4.69) is 52.9 Å². The SMILES string of the molecule is C[C@H]1[C@@H]([C@@H]2O[C@H](O[Si](C)(C)C(C)(C)C)C=C[C@@H]2O)[C@@H]2C=CC=C[C@H]1O2. The fraction of sp³-hybridized carbons (Fsp3) is 0.700. The number of aliphatic hydroxyl groups excluding tert-OH is 1. The van der Waals surface area contributed by atoms with Gasteiger partial charge in [0, 0.05) is 5.92 Å². The predicted molar refractivity (Wildman–Crippen MR) is 102 cm³/mol. The van der Waals surface area contributed by atoms with Gasteiger partial charge in [0.1, 0.15) is 0 Å². The third kappa shape index (κ3) is 3.71. The highest BCUT2D eigenvalue weighted by atomic mass is 28.4. The molecule has 1 N–H and O–H groups in total. The molecule has 7 atom stereocenters. The molecule has 0 spiro atoms. The lowest BCUT2D eigenvalue weighted by atomic mass is 9.80. The first-order chi connectivity index (χ1) is 11.6. The molecule has 0 amide bonds. The van der Waals surface area contributed by atoms with Gasteiger partial charge in [0.25, 0.3) is 0 Å². The van der Waals surface area contributed by atoms with Gasteiger partial charge in [-0.25, -0.2) is 0 Å². The number of aliphatic hydroxyl groups is 1. The molecule has 1 saturated heterocycles. The van der Waals surface area contributed by atoms with Gasteiger partial charge in [-0.05, 0) is 30.1 Å². The van der Waals surface area contributed by atoms with Crippen molar-refractivity contribution in [1.82, 2.24) is 0 Å². The van der Waals surface area contributed by atoms with E-state index in [4.69, 9.17) is 13.9 Å². The van der Waals surface area contributed by atoms with Gasteiger partial charge < -0.3 is 19.0 Å². The van der Waals surface area contributed by atoms with E-state index in [1.807, 2.05) is 24.3 Å². The first kappa shape index (κ1) is 19.0. The van der Waals surface area contributed by atoms with E-state index < -0.39 is 20.7 Å². The maximum atomic E-state index is 10.6. The van der Waals surface area contributed by atoms with Crippen LogP contribution < -0.4 is 0 Å². The fourth-order valence-corrected chi connectivity index (χ4v) is 4.66. The highest BCUT2D eigenvalue weighted by molar-refractivity contribution is 6.74. The molecular weight excluding hydrogens is 332 g/mol. The Balaban J connectivity index is 1.76. The second-order valence-corrected chi connectivity index (χ2v) is 13.8. The lowest BCUT2D eigenvalue weighted by Crippen LogP contribution is -2.50. The molecule has 0 aliphatic carbocycles. The summed E-state index contributed by atoms with van der Waals surface area (Å²) in [6, 6.07) is 0. The van der Waals surface area contributed by atoms with Crippen LogP contribution in [0.15, 0.2) is 36.5 Å². The molecule has 0 aromatic heterocycles. The summed E-state index contributed by atoms with van der Waals surface area (Å²) in [6.07, 6.45) is 10.6. The summed E-state index contributed by atoms with van der Waals surface area (Å²) >= 11 is 0. The highest BCUT2D eigenvalue weighted by Gasteiger charge is 2.49. The van der Waals surface area contributed by atoms with Crippen LogP contribution >= 0.6 is 0 Å². The molecule has 25 heavy (non-hydrogen) atoms. The minimum absolute atomic E-state index is 0.0327. The van der Waals surface area contributed by atoms with E-state index in [1.54, 1.807) is 0 Å². The van der Waals surface area contributed by atoms with Crippen LogP contribution in [0.1, 0.15) is 27.7 Å². The Kier molecular flexibility index (Phi) is 5.17. The lowest BCUT2D eigenvalue weighted by molar-refractivity contribution is -0.161. The summed E-state index contributed by atoms with van der Waals surface area (Å²) in [7, 11) is -1.95. The largest absolute Gasteiger partial charge is 0.389 e. The average Bonchev–Trinajstić information content (AvgIpc) is 2.68. The molecule has 1 fully saturated rings. The van der Waals surface area contributed by atoms with Gasteiger partial charge in [-0.3, -0.25) is 0 Å². The molecule has 0 aromatic carbocycles. The Morgan fingerprint density at radius 2 is 1.60 bits per heavy atom. The minimum Gasteiger partial charge on any atom is -0.389 e. The smallest absolute Gasteiger partial charge is 0.195 e. The van der Waals surface area contributed by atoms with Crippen LogP contribution in [0.5, 0.6) is 0 Å². The summed E-state index contributed by atoms with van der Waals surface area (Å²) in [6.45, 7) is 13.3. The quantitative estimate of drug-likeness (QED) is 0.611. The topological polar surface area (TPSA) is 47.9 Å². The van der Waals surface area contributed by atoms with Gasteiger partial charge in [-0.2, -0.15) is 0 Å². The maximum absolute atomic E-state index is 10.6. The monoisotopic (exact) mass is 364 g/mol. The molecule has 0 radical (unpaired) electrons. The second-order valence-electron chi connectivity index (χ2n) is 8.99. The summed E-state index contributed by atoms with van der Waals surface area (Å²) in [4.78, 5) is 0. The Morgan fingerprint density at radius 3 is 2.24 bits per heavy atom. The first-order valence-corrected chi connectivity index (χ1v) is 12.2. The first-order valence-electron chi connectivity index (χ1n) is 9.30. The lowest BCUT2D eigenvalue weighted by Gasteiger charge is -2.42. The minimum atomic E-state index is -1.95. The van der Waals surface area contributed by atoms with Gasteiger partial charge >= 0.3 is 0 Å². The molecule has 140 valence electrons. The molecule has 3 aliphatic rings. The molecular formula is C20H32O4Si. The summed E-state index contributed by atoms with van der Waals surface area (Å²) in [5.74, 6) is 0.391. The number of rotatable bonds is 3. The number of allylic oxidation sites excluding steroid dienone is 2. The van der Waals surface area contributed by atoms with Gasteiger partial charge in [0.15, 0.2) is 14.6 Å². The highest BCUT2D eigenvalue weighted by Crippen LogP contribution is 2.42. The van der Waals surface area contributed by atoms with Crippen molar-refractivity contribution in [2.24, 2.45) is 11.8 Å². The standard InChI is InChI=1S/C20H32O4Si/c1-13-15-9-7-8-10-16(22-15)18(13)19-14(21)11-12-17(23-19)24-25(5,6)20(2,3)4/h7-19,21H,1-6H3/t13-,14+,15-,16+,17-,18-,19-/m1/s1. The summed E-state index contributed by atoms with van der Waals surface area (Å²) < 4.78 is 18.8. The molecule has 3 rings (SSSR count). The summed E-state index contributed by atoms with van der Waals surface area (Å²) in [5.41, 5.74) is 0. The van der Waals surface area contributed by atoms with E-state index >= 15 is 0 Å². The van der Waals surface area contributed by atoms with Crippen LogP contribution in [0.25, 0.3) is 0 Å². The van der Waals surface area contributed by atoms with Crippen molar-refractivity contribution < 1.29 is 19.0 Å². The van der Waals surface area contributed by atoms with E-state index in [-0.39, 0.29) is 35.2 Å². The van der Waals surface area contributed by atoms with Crippen molar-refractivity contribution >= 4 is 8.32 Å². The number of fused-ring (bicyclic) bond motifs is 2. The molecule has 0 saturated carbocycles. The van der Waals surface area contributed by atoms with Crippen molar-refractivity contribution in [2.75, 3.05) is 0 Å². The van der Waals surface area contributed by atoms with Crippen LogP contribution in [0.4, 0.5) is 0 Å². The molecule has 2 bridgehead atoms. The van der Waals surface area contributed by atoms with Crippen LogP contribution in [0.2, 0.25) is 18.1 Å². The van der Waals surface area contributed by atoms with Gasteiger partial charge in [-0.1, -0.05) is 58.1 Å². The van der Waals surface area contributed by atoms with E-state index in [0.717, 1.165) is 0 Å². The van der Waals surface area contributed by atoms with E-state index in [1.165, 1.54) is 0 Å². The maximum Gasteiger partial charge on any atom is 0.195 e.